The molecule has 0 saturated carbocycles. The van der Waals surface area contributed by atoms with Gasteiger partial charge >= 0.3 is 5.97 Å². The molecule has 0 aliphatic rings. The third kappa shape index (κ3) is 3.59. The lowest BCUT2D eigenvalue weighted by molar-refractivity contribution is -0.146. The first-order valence-corrected chi connectivity index (χ1v) is 7.59. The summed E-state index contributed by atoms with van der Waals surface area (Å²) in [5.74, 6) is -0.704. The van der Waals surface area contributed by atoms with E-state index in [0.29, 0.717) is 12.8 Å². The van der Waals surface area contributed by atoms with Crippen LogP contribution in [0.25, 0.3) is 0 Å². The van der Waals surface area contributed by atoms with Crippen LogP contribution < -0.4 is 5.73 Å². The van der Waals surface area contributed by atoms with Crippen LogP contribution in [0.3, 0.4) is 0 Å². The molecule has 0 unspecified atom stereocenters. The zero-order chi connectivity index (χ0) is 16.7. The Morgan fingerprint density at radius 1 is 0.957 bits per heavy atom. The van der Waals surface area contributed by atoms with Crippen molar-refractivity contribution in [3.63, 3.8) is 0 Å². The van der Waals surface area contributed by atoms with Crippen molar-refractivity contribution in [1.82, 2.24) is 0 Å². The highest BCUT2D eigenvalue weighted by Gasteiger charge is 2.42. The zero-order valence-electron chi connectivity index (χ0n) is 13.2. The van der Waals surface area contributed by atoms with Crippen molar-refractivity contribution in [2.45, 2.75) is 24.7 Å². The number of benzene rings is 2. The highest BCUT2D eigenvalue weighted by molar-refractivity contribution is 5.87. The second kappa shape index (κ2) is 7.58. The molecule has 23 heavy (non-hydrogen) atoms. The lowest BCUT2D eigenvalue weighted by atomic mass is 9.71. The van der Waals surface area contributed by atoms with E-state index in [9.17, 15) is 9.59 Å². The van der Waals surface area contributed by atoms with E-state index >= 15 is 0 Å². The first-order valence-electron chi connectivity index (χ1n) is 7.59. The average Bonchev–Trinajstić information content (AvgIpc) is 2.59. The van der Waals surface area contributed by atoms with Gasteiger partial charge in [0, 0.05) is 6.42 Å². The number of carbonyl (C=O) groups is 2. The van der Waals surface area contributed by atoms with Crippen molar-refractivity contribution in [2.75, 3.05) is 7.11 Å². The van der Waals surface area contributed by atoms with E-state index in [0.717, 1.165) is 11.1 Å². The number of carbonyl (C=O) groups excluding carboxylic acids is 2. The second-order valence-electron chi connectivity index (χ2n) is 5.45. The molecule has 2 aromatic carbocycles. The number of rotatable bonds is 7. The summed E-state index contributed by atoms with van der Waals surface area (Å²) in [7, 11) is 1.39. The van der Waals surface area contributed by atoms with Gasteiger partial charge in [0.2, 0.25) is 5.91 Å². The predicted molar refractivity (Wildman–Crippen MR) is 88.7 cm³/mol. The molecule has 0 saturated heterocycles. The van der Waals surface area contributed by atoms with Gasteiger partial charge in [-0.25, -0.2) is 0 Å². The third-order valence-corrected chi connectivity index (χ3v) is 4.04. The summed E-state index contributed by atoms with van der Waals surface area (Å²) in [4.78, 5) is 23.9. The Bertz CT molecular complexity index is 613. The van der Waals surface area contributed by atoms with Gasteiger partial charge < -0.3 is 10.5 Å². The minimum absolute atomic E-state index is 0.235. The largest absolute Gasteiger partial charge is 0.468 e. The maximum Gasteiger partial charge on any atom is 0.320 e. The first kappa shape index (κ1) is 16.7. The van der Waals surface area contributed by atoms with E-state index in [4.69, 9.17) is 10.5 Å². The third-order valence-electron chi connectivity index (χ3n) is 4.04. The number of esters is 1. The lowest BCUT2D eigenvalue weighted by Crippen LogP contribution is -2.38. The summed E-state index contributed by atoms with van der Waals surface area (Å²) in [5.41, 5.74) is 6.01. The SMILES string of the molecule is COC(=O)C(CCCC(N)=O)(c1ccccc1)c1ccccc1. The normalized spacial score (nSPS) is 11.0. The van der Waals surface area contributed by atoms with Gasteiger partial charge in [-0.2, -0.15) is 0 Å². The molecule has 0 aromatic heterocycles. The highest BCUT2D eigenvalue weighted by Crippen LogP contribution is 2.38. The van der Waals surface area contributed by atoms with Crippen LogP contribution in [0, 0.1) is 0 Å². The molecule has 120 valence electrons. The molecule has 2 aromatic rings. The maximum absolute atomic E-state index is 12.8. The second-order valence-corrected chi connectivity index (χ2v) is 5.45. The van der Waals surface area contributed by atoms with Crippen molar-refractivity contribution in [2.24, 2.45) is 5.73 Å². The van der Waals surface area contributed by atoms with Crippen LogP contribution in [0.1, 0.15) is 30.4 Å². The number of nitrogens with two attached hydrogens (primary N) is 1. The topological polar surface area (TPSA) is 69.4 Å². The summed E-state index contributed by atoms with van der Waals surface area (Å²) >= 11 is 0. The Kier molecular flexibility index (Phi) is 5.52. The fourth-order valence-corrected chi connectivity index (χ4v) is 2.94. The monoisotopic (exact) mass is 311 g/mol. The summed E-state index contributed by atoms with van der Waals surface area (Å²) in [6.07, 6.45) is 1.20. The van der Waals surface area contributed by atoms with Crippen LogP contribution in [0.2, 0.25) is 0 Å². The quantitative estimate of drug-likeness (QED) is 0.799. The van der Waals surface area contributed by atoms with Crippen LogP contribution in [-0.2, 0) is 19.7 Å². The molecule has 0 bridgehead atoms. The maximum atomic E-state index is 12.8. The van der Waals surface area contributed by atoms with E-state index < -0.39 is 5.41 Å². The molecule has 0 radical (unpaired) electrons. The van der Waals surface area contributed by atoms with E-state index in [1.165, 1.54) is 7.11 Å². The van der Waals surface area contributed by atoms with E-state index in [1.807, 2.05) is 60.7 Å². The fraction of sp³-hybridized carbons (Fsp3) is 0.263. The lowest BCUT2D eigenvalue weighted by Gasteiger charge is -2.32. The molecule has 0 heterocycles. The molecule has 2 N–H and O–H groups in total. The van der Waals surface area contributed by atoms with E-state index in [1.54, 1.807) is 0 Å². The van der Waals surface area contributed by atoms with Crippen molar-refractivity contribution >= 4 is 11.9 Å². The molecule has 1 amide bonds. The molecule has 0 atom stereocenters. The number of hydrogen-bond donors (Lipinski definition) is 1. The van der Waals surface area contributed by atoms with Gasteiger partial charge in [0.15, 0.2) is 0 Å². The van der Waals surface area contributed by atoms with Crippen LogP contribution in [0.5, 0.6) is 0 Å². The van der Waals surface area contributed by atoms with Crippen molar-refractivity contribution in [3.8, 4) is 0 Å². The van der Waals surface area contributed by atoms with Crippen LogP contribution in [-0.4, -0.2) is 19.0 Å². The first-order chi connectivity index (χ1) is 11.1. The minimum atomic E-state index is -0.938. The Morgan fingerprint density at radius 3 is 1.83 bits per heavy atom. The minimum Gasteiger partial charge on any atom is -0.468 e. The summed E-state index contributed by atoms with van der Waals surface area (Å²) in [6.45, 7) is 0. The molecule has 2 rings (SSSR count). The van der Waals surface area contributed by atoms with Crippen molar-refractivity contribution < 1.29 is 14.3 Å². The van der Waals surface area contributed by atoms with Crippen LogP contribution in [0.4, 0.5) is 0 Å². The number of methoxy groups -OCH3 is 1. The number of amides is 1. The zero-order valence-corrected chi connectivity index (χ0v) is 13.2. The van der Waals surface area contributed by atoms with Crippen LogP contribution in [0.15, 0.2) is 60.7 Å². The summed E-state index contributed by atoms with van der Waals surface area (Å²) in [6, 6.07) is 19.0. The fourth-order valence-electron chi connectivity index (χ4n) is 2.94. The van der Waals surface area contributed by atoms with E-state index in [-0.39, 0.29) is 18.3 Å². The molecule has 4 nitrogen and oxygen atoms in total. The number of primary amides is 1. The molecule has 0 spiro atoms. The predicted octanol–water partition coefficient (Wildman–Crippen LogP) is 2.80. The Balaban J connectivity index is 2.54. The molecule has 0 aliphatic carbocycles. The Morgan fingerprint density at radius 2 is 1.43 bits per heavy atom. The molecule has 0 aliphatic heterocycles. The van der Waals surface area contributed by atoms with Crippen LogP contribution >= 0.6 is 0 Å². The van der Waals surface area contributed by atoms with Crippen molar-refractivity contribution in [3.05, 3.63) is 71.8 Å². The van der Waals surface area contributed by atoms with Gasteiger partial charge in [-0.1, -0.05) is 60.7 Å². The highest BCUT2D eigenvalue weighted by atomic mass is 16.5. The van der Waals surface area contributed by atoms with Gasteiger partial charge in [-0.15, -0.1) is 0 Å². The van der Waals surface area contributed by atoms with Gasteiger partial charge in [0.05, 0.1) is 7.11 Å². The number of ether oxygens (including phenoxy) is 1. The summed E-state index contributed by atoms with van der Waals surface area (Å²) < 4.78 is 5.13. The molecular formula is C19H21NO3. The van der Waals surface area contributed by atoms with E-state index in [2.05, 4.69) is 0 Å². The smallest absolute Gasteiger partial charge is 0.320 e. The van der Waals surface area contributed by atoms with Crippen molar-refractivity contribution in [1.29, 1.82) is 0 Å². The Hall–Kier alpha value is -2.62. The molecule has 0 fully saturated rings. The molecular weight excluding hydrogens is 290 g/mol. The molecule has 4 heteroatoms. The summed E-state index contributed by atoms with van der Waals surface area (Å²) in [5, 5.41) is 0. The average molecular weight is 311 g/mol. The Labute approximate surface area is 136 Å². The van der Waals surface area contributed by atoms with Gasteiger partial charge in [-0.3, -0.25) is 9.59 Å². The van der Waals surface area contributed by atoms with Gasteiger partial charge in [-0.05, 0) is 24.0 Å². The van der Waals surface area contributed by atoms with Gasteiger partial charge in [0.25, 0.3) is 0 Å². The number of hydrogen-bond acceptors (Lipinski definition) is 3. The van der Waals surface area contributed by atoms with Gasteiger partial charge in [0.1, 0.15) is 5.41 Å². The standard InChI is InChI=1S/C19H21NO3/c1-23-18(22)19(14-8-13-17(20)21,15-9-4-2-5-10-15)16-11-6-3-7-12-16/h2-7,9-12H,8,13-14H2,1H3,(H2,20,21).